The standard InChI is InChI=1S/C25H37NO11/c1-7-11-32-22(29)35-19-10-9-17(14-20(19)36-23(30)33-12-8-2)13-18(21(27)28)26-15-16(3)34-24(31)37-25(4,5)6/h9-10,14,16,18,26H,7-8,11-13,15H2,1-6H3,(H,27,28)/t16?,18-/m0/s1. The van der Waals surface area contributed by atoms with Crippen molar-refractivity contribution in [3.05, 3.63) is 23.8 Å². The summed E-state index contributed by atoms with van der Waals surface area (Å²) in [7, 11) is 0. The van der Waals surface area contributed by atoms with Gasteiger partial charge in [-0.3, -0.25) is 4.79 Å². The van der Waals surface area contributed by atoms with Gasteiger partial charge in [0, 0.05) is 6.54 Å². The first-order chi connectivity index (χ1) is 17.3. The van der Waals surface area contributed by atoms with Gasteiger partial charge in [0.25, 0.3) is 0 Å². The zero-order valence-corrected chi connectivity index (χ0v) is 22.2. The van der Waals surface area contributed by atoms with Gasteiger partial charge in [-0.05, 0) is 64.7 Å². The molecule has 0 aliphatic heterocycles. The van der Waals surface area contributed by atoms with Crippen LogP contribution in [0.5, 0.6) is 11.5 Å². The Morgan fingerprint density at radius 3 is 2.00 bits per heavy atom. The van der Waals surface area contributed by atoms with E-state index in [1.807, 2.05) is 13.8 Å². The minimum Gasteiger partial charge on any atom is -0.480 e. The fourth-order valence-corrected chi connectivity index (χ4v) is 2.72. The van der Waals surface area contributed by atoms with Crippen molar-refractivity contribution < 1.29 is 52.7 Å². The number of hydrogen-bond acceptors (Lipinski definition) is 11. The molecule has 0 fully saturated rings. The van der Waals surface area contributed by atoms with Crippen LogP contribution in [0.4, 0.5) is 14.4 Å². The molecule has 0 aliphatic carbocycles. The minimum atomic E-state index is -1.15. The maximum atomic E-state index is 12.0. The van der Waals surface area contributed by atoms with Gasteiger partial charge in [0.1, 0.15) is 17.7 Å². The molecule has 0 aromatic heterocycles. The molecular formula is C25H37NO11. The van der Waals surface area contributed by atoms with Gasteiger partial charge in [-0.2, -0.15) is 0 Å². The molecule has 1 aromatic carbocycles. The fourth-order valence-electron chi connectivity index (χ4n) is 2.72. The lowest BCUT2D eigenvalue weighted by atomic mass is 10.0. The number of nitrogens with one attached hydrogen (secondary N) is 1. The lowest BCUT2D eigenvalue weighted by molar-refractivity contribution is -0.139. The van der Waals surface area contributed by atoms with E-state index in [0.29, 0.717) is 18.4 Å². The van der Waals surface area contributed by atoms with E-state index in [1.165, 1.54) is 18.2 Å². The second-order valence-electron chi connectivity index (χ2n) is 9.08. The maximum absolute atomic E-state index is 12.0. The fraction of sp³-hybridized carbons (Fsp3) is 0.600. The first-order valence-corrected chi connectivity index (χ1v) is 12.0. The van der Waals surface area contributed by atoms with Gasteiger partial charge in [0.15, 0.2) is 11.5 Å². The third kappa shape index (κ3) is 13.4. The lowest BCUT2D eigenvalue weighted by Crippen LogP contribution is -2.43. The Kier molecular flexibility index (Phi) is 13.2. The highest BCUT2D eigenvalue weighted by molar-refractivity contribution is 5.74. The lowest BCUT2D eigenvalue weighted by Gasteiger charge is -2.22. The van der Waals surface area contributed by atoms with Gasteiger partial charge in [-0.1, -0.05) is 19.9 Å². The van der Waals surface area contributed by atoms with Crippen molar-refractivity contribution >= 4 is 24.4 Å². The molecule has 0 amide bonds. The predicted molar refractivity (Wildman–Crippen MR) is 131 cm³/mol. The molecule has 2 atom stereocenters. The molecule has 0 radical (unpaired) electrons. The number of carboxylic acids is 1. The van der Waals surface area contributed by atoms with Crippen LogP contribution < -0.4 is 14.8 Å². The molecule has 37 heavy (non-hydrogen) atoms. The van der Waals surface area contributed by atoms with E-state index < -0.39 is 42.2 Å². The van der Waals surface area contributed by atoms with Crippen LogP contribution in [0.2, 0.25) is 0 Å². The average molecular weight is 528 g/mol. The number of carbonyl (C=O) groups is 4. The molecule has 12 heteroatoms. The Bertz CT molecular complexity index is 910. The van der Waals surface area contributed by atoms with Gasteiger partial charge >= 0.3 is 24.4 Å². The Hall–Kier alpha value is -3.54. The quantitative estimate of drug-likeness (QED) is 0.211. The summed E-state index contributed by atoms with van der Waals surface area (Å²) in [6.07, 6.45) is -2.39. The van der Waals surface area contributed by atoms with E-state index in [1.54, 1.807) is 27.7 Å². The first-order valence-electron chi connectivity index (χ1n) is 12.0. The number of benzene rings is 1. The van der Waals surface area contributed by atoms with Crippen molar-refractivity contribution in [3.63, 3.8) is 0 Å². The summed E-state index contributed by atoms with van der Waals surface area (Å²) in [6, 6.07) is 3.17. The molecular weight excluding hydrogens is 490 g/mol. The summed E-state index contributed by atoms with van der Waals surface area (Å²) in [5.41, 5.74) is -0.271. The molecule has 1 unspecified atom stereocenters. The number of rotatable bonds is 13. The molecule has 12 nitrogen and oxygen atoms in total. The Morgan fingerprint density at radius 1 is 0.919 bits per heavy atom. The van der Waals surface area contributed by atoms with Gasteiger partial charge < -0.3 is 38.8 Å². The van der Waals surface area contributed by atoms with E-state index in [2.05, 4.69) is 5.32 Å². The van der Waals surface area contributed by atoms with Crippen molar-refractivity contribution in [2.24, 2.45) is 0 Å². The molecule has 0 aliphatic rings. The molecule has 0 saturated carbocycles. The van der Waals surface area contributed by atoms with Gasteiger partial charge in [-0.25, -0.2) is 14.4 Å². The highest BCUT2D eigenvalue weighted by Gasteiger charge is 2.23. The van der Waals surface area contributed by atoms with Crippen LogP contribution in [0, 0.1) is 0 Å². The molecule has 0 bridgehead atoms. The van der Waals surface area contributed by atoms with E-state index >= 15 is 0 Å². The molecule has 0 heterocycles. The molecule has 1 rings (SSSR count). The van der Waals surface area contributed by atoms with Crippen LogP contribution in [-0.2, 0) is 30.2 Å². The molecule has 2 N–H and O–H groups in total. The summed E-state index contributed by atoms with van der Waals surface area (Å²) >= 11 is 0. The molecule has 0 saturated heterocycles. The third-order valence-corrected chi connectivity index (χ3v) is 4.32. The Balaban J connectivity index is 2.94. The zero-order valence-electron chi connectivity index (χ0n) is 22.2. The van der Waals surface area contributed by atoms with Crippen LogP contribution in [0.15, 0.2) is 18.2 Å². The number of aliphatic carboxylic acids is 1. The Morgan fingerprint density at radius 2 is 1.49 bits per heavy atom. The van der Waals surface area contributed by atoms with Gasteiger partial charge in [0.05, 0.1) is 13.2 Å². The normalized spacial score (nSPS) is 12.6. The predicted octanol–water partition coefficient (Wildman–Crippen LogP) is 4.46. The van der Waals surface area contributed by atoms with Crippen LogP contribution in [-0.4, -0.2) is 67.0 Å². The van der Waals surface area contributed by atoms with Gasteiger partial charge in [0.2, 0.25) is 0 Å². The van der Waals surface area contributed by atoms with Crippen molar-refractivity contribution in [1.82, 2.24) is 5.32 Å². The molecule has 208 valence electrons. The summed E-state index contributed by atoms with van der Waals surface area (Å²) in [6.45, 7) is 10.6. The van der Waals surface area contributed by atoms with E-state index in [4.69, 9.17) is 28.4 Å². The second kappa shape index (κ2) is 15.5. The number of ether oxygens (including phenoxy) is 6. The van der Waals surface area contributed by atoms with E-state index in [9.17, 15) is 24.3 Å². The highest BCUT2D eigenvalue weighted by atomic mass is 16.7. The van der Waals surface area contributed by atoms with Crippen molar-refractivity contribution in [1.29, 1.82) is 0 Å². The van der Waals surface area contributed by atoms with E-state index in [0.717, 1.165) is 0 Å². The third-order valence-electron chi connectivity index (χ3n) is 4.32. The SMILES string of the molecule is CCCOC(=O)Oc1ccc(C[C@H](NCC(C)OC(=O)OC(C)(C)C)C(=O)O)cc1OC(=O)OCCC. The monoisotopic (exact) mass is 527 g/mol. The number of carboxylic acid groups (broad SMARTS) is 1. The smallest absolute Gasteiger partial charge is 0.480 e. The zero-order chi connectivity index (χ0) is 28.0. The van der Waals surface area contributed by atoms with Crippen LogP contribution in [0.3, 0.4) is 0 Å². The van der Waals surface area contributed by atoms with Crippen molar-refractivity contribution in [3.8, 4) is 11.5 Å². The van der Waals surface area contributed by atoms with Crippen LogP contribution >= 0.6 is 0 Å². The van der Waals surface area contributed by atoms with Crippen LogP contribution in [0.25, 0.3) is 0 Å². The average Bonchev–Trinajstić information content (AvgIpc) is 2.79. The van der Waals surface area contributed by atoms with Gasteiger partial charge in [-0.15, -0.1) is 0 Å². The van der Waals surface area contributed by atoms with Crippen molar-refractivity contribution in [2.45, 2.75) is 78.6 Å². The number of hydrogen-bond donors (Lipinski definition) is 2. The largest absolute Gasteiger partial charge is 0.513 e. The van der Waals surface area contributed by atoms with E-state index in [-0.39, 0.29) is 37.7 Å². The Labute approximate surface area is 216 Å². The summed E-state index contributed by atoms with van der Waals surface area (Å²) in [4.78, 5) is 47.5. The van der Waals surface area contributed by atoms with Crippen LogP contribution in [0.1, 0.15) is 59.9 Å². The molecule has 0 spiro atoms. The topological polar surface area (TPSA) is 156 Å². The molecule has 1 aromatic rings. The minimum absolute atomic E-state index is 0.0323. The summed E-state index contributed by atoms with van der Waals surface area (Å²) in [5.74, 6) is -1.40. The number of carbonyl (C=O) groups excluding carboxylic acids is 3. The first kappa shape index (κ1) is 31.5. The highest BCUT2D eigenvalue weighted by Crippen LogP contribution is 2.30. The summed E-state index contributed by atoms with van der Waals surface area (Å²) < 4.78 is 30.3. The van der Waals surface area contributed by atoms with Crippen molar-refractivity contribution in [2.75, 3.05) is 19.8 Å². The summed E-state index contributed by atoms with van der Waals surface area (Å²) in [5, 5.41) is 12.5. The maximum Gasteiger partial charge on any atom is 0.513 e. The second-order valence-corrected chi connectivity index (χ2v) is 9.08.